The Balaban J connectivity index is 1.24. The van der Waals surface area contributed by atoms with Gasteiger partial charge in [-0.1, -0.05) is 13.8 Å². The Bertz CT molecular complexity index is 1880. The summed E-state index contributed by atoms with van der Waals surface area (Å²) < 4.78 is 33.6. The number of fused-ring (bicyclic) bond motifs is 1. The lowest BCUT2D eigenvalue weighted by Crippen LogP contribution is -2.52. The van der Waals surface area contributed by atoms with Crippen molar-refractivity contribution in [1.29, 1.82) is 0 Å². The summed E-state index contributed by atoms with van der Waals surface area (Å²) in [5.41, 5.74) is 4.87. The van der Waals surface area contributed by atoms with E-state index in [1.54, 1.807) is 31.6 Å². The fourth-order valence-electron chi connectivity index (χ4n) is 6.44. The molecule has 13 nitrogen and oxygen atoms in total. The quantitative estimate of drug-likeness (QED) is 0.192. The van der Waals surface area contributed by atoms with Crippen LogP contribution in [0.1, 0.15) is 38.2 Å². The molecule has 2 aliphatic rings. The highest BCUT2D eigenvalue weighted by atomic mass is 79.9. The number of piperidine rings is 1. The molecule has 2 aliphatic heterocycles. The van der Waals surface area contributed by atoms with E-state index < -0.39 is 10.0 Å². The number of hydrogen-bond acceptors (Lipinski definition) is 12. The van der Waals surface area contributed by atoms with Gasteiger partial charge in [0.05, 0.1) is 40.4 Å². The number of nitrogens with one attached hydrogen (secondary N) is 3. The maximum atomic E-state index is 12.3. The highest BCUT2D eigenvalue weighted by molar-refractivity contribution is 9.10. The van der Waals surface area contributed by atoms with Crippen LogP contribution in [-0.2, 0) is 10.0 Å². The predicted molar refractivity (Wildman–Crippen MR) is 196 cm³/mol. The molecule has 15 heteroatoms. The van der Waals surface area contributed by atoms with E-state index in [9.17, 15) is 8.42 Å². The number of benzene rings is 2. The zero-order chi connectivity index (χ0) is 34.0. The molecule has 0 amide bonds. The summed E-state index contributed by atoms with van der Waals surface area (Å²) in [4.78, 5) is 25.5. The van der Waals surface area contributed by atoms with Crippen LogP contribution in [0.2, 0.25) is 0 Å². The molecular formula is C33H43BrN10O3S. The molecular weight excluding hydrogens is 696 g/mol. The average molecular weight is 740 g/mol. The van der Waals surface area contributed by atoms with Gasteiger partial charge in [-0.25, -0.2) is 13.4 Å². The van der Waals surface area contributed by atoms with Crippen molar-refractivity contribution < 1.29 is 13.2 Å². The molecule has 0 radical (unpaired) electrons. The molecule has 2 fully saturated rings. The number of likely N-dealkylation sites (N-methyl/N-ethyl adjacent to an activating group) is 1. The smallest absolute Gasteiger partial charge is 0.229 e. The van der Waals surface area contributed by atoms with Gasteiger partial charge in [0.1, 0.15) is 17.1 Å². The maximum absolute atomic E-state index is 12.3. The molecule has 6 rings (SSSR count). The van der Waals surface area contributed by atoms with E-state index in [0.29, 0.717) is 44.8 Å². The summed E-state index contributed by atoms with van der Waals surface area (Å²) in [7, 11) is 0.261. The minimum atomic E-state index is -3.62. The molecule has 256 valence electrons. The van der Waals surface area contributed by atoms with Crippen molar-refractivity contribution >= 4 is 71.5 Å². The van der Waals surface area contributed by atoms with Crippen molar-refractivity contribution in [1.82, 2.24) is 29.7 Å². The molecule has 0 saturated carbocycles. The van der Waals surface area contributed by atoms with E-state index >= 15 is 0 Å². The Labute approximate surface area is 290 Å². The molecule has 0 aliphatic carbocycles. The third-order valence-electron chi connectivity index (χ3n) is 9.00. The number of sulfonamides is 1. The molecule has 2 aromatic heterocycles. The maximum Gasteiger partial charge on any atom is 0.229 e. The van der Waals surface area contributed by atoms with Crippen LogP contribution in [0.4, 0.5) is 34.5 Å². The Morgan fingerprint density at radius 2 is 1.69 bits per heavy atom. The minimum Gasteiger partial charge on any atom is -0.494 e. The van der Waals surface area contributed by atoms with Gasteiger partial charge in [-0.15, -0.1) is 0 Å². The van der Waals surface area contributed by atoms with Gasteiger partial charge < -0.3 is 25.2 Å². The van der Waals surface area contributed by atoms with E-state index in [4.69, 9.17) is 9.72 Å². The first kappa shape index (κ1) is 34.1. The second-order valence-corrected chi connectivity index (χ2v) is 15.4. The zero-order valence-electron chi connectivity index (χ0n) is 28.0. The summed E-state index contributed by atoms with van der Waals surface area (Å²) in [6.45, 7) is 11.0. The number of rotatable bonds is 10. The van der Waals surface area contributed by atoms with Crippen LogP contribution in [0, 0.1) is 0 Å². The van der Waals surface area contributed by atoms with Crippen molar-refractivity contribution in [3.8, 4) is 5.75 Å². The highest BCUT2D eigenvalue weighted by Gasteiger charge is 2.28. The van der Waals surface area contributed by atoms with Gasteiger partial charge in [0.25, 0.3) is 0 Å². The number of anilines is 6. The molecule has 4 aromatic rings. The summed E-state index contributed by atoms with van der Waals surface area (Å²) in [5, 5.41) is 6.61. The molecule has 0 spiro atoms. The van der Waals surface area contributed by atoms with Crippen molar-refractivity contribution in [3.05, 3.63) is 52.9 Å². The summed E-state index contributed by atoms with van der Waals surface area (Å²) in [6.07, 6.45) is 8.10. The van der Waals surface area contributed by atoms with Gasteiger partial charge in [0.15, 0.2) is 0 Å². The first-order valence-electron chi connectivity index (χ1n) is 16.2. The number of hydrogen-bond donors (Lipinski definition) is 3. The van der Waals surface area contributed by atoms with Crippen LogP contribution in [0.3, 0.4) is 0 Å². The second-order valence-electron chi connectivity index (χ2n) is 12.8. The van der Waals surface area contributed by atoms with Gasteiger partial charge in [0, 0.05) is 75.7 Å². The fourth-order valence-corrected chi connectivity index (χ4v) is 7.31. The van der Waals surface area contributed by atoms with Crippen molar-refractivity contribution in [2.75, 3.05) is 79.9 Å². The largest absolute Gasteiger partial charge is 0.494 e. The van der Waals surface area contributed by atoms with Gasteiger partial charge in [-0.05, 0) is 65.5 Å². The molecule has 4 heterocycles. The third-order valence-corrected chi connectivity index (χ3v) is 10.2. The van der Waals surface area contributed by atoms with E-state index in [1.807, 2.05) is 0 Å². The lowest BCUT2D eigenvalue weighted by atomic mass is 9.96. The van der Waals surface area contributed by atoms with Crippen LogP contribution < -0.4 is 25.0 Å². The number of piperazine rings is 1. The monoisotopic (exact) mass is 738 g/mol. The lowest BCUT2D eigenvalue weighted by Gasteiger charge is -2.43. The topological polar surface area (TPSA) is 141 Å². The van der Waals surface area contributed by atoms with Gasteiger partial charge in [0.2, 0.25) is 16.0 Å². The van der Waals surface area contributed by atoms with Gasteiger partial charge in [-0.3, -0.25) is 19.6 Å². The van der Waals surface area contributed by atoms with Crippen molar-refractivity contribution in [3.63, 3.8) is 0 Å². The van der Waals surface area contributed by atoms with Crippen molar-refractivity contribution in [2.24, 2.45) is 0 Å². The normalized spacial score (nSPS) is 16.8. The van der Waals surface area contributed by atoms with Crippen LogP contribution in [0.25, 0.3) is 11.0 Å². The number of nitrogens with zero attached hydrogens (tertiary/aromatic N) is 7. The standard InChI is InChI=1S/C33H43BrN10O3S/c1-21(2)23-18-27(29(47-4)19-28(23)44-12-8-22(9-13-44)43-16-14-42(3)15-17-43)39-33-37-20-24(34)32(40-33)38-26-7-6-25-30(36-11-10-35-25)31(26)41-48(5,45)46/h6-7,10-11,18-22,41H,8-9,12-17H2,1-5H3,(H2,37,38,39,40). The van der Waals surface area contributed by atoms with Crippen LogP contribution >= 0.6 is 15.9 Å². The van der Waals surface area contributed by atoms with Gasteiger partial charge in [-0.2, -0.15) is 4.98 Å². The van der Waals surface area contributed by atoms with Crippen LogP contribution in [0.5, 0.6) is 5.75 Å². The Morgan fingerprint density at radius 3 is 2.38 bits per heavy atom. The molecule has 3 N–H and O–H groups in total. The van der Waals surface area contributed by atoms with Crippen LogP contribution in [-0.4, -0.2) is 104 Å². The Kier molecular flexibility index (Phi) is 10.2. The van der Waals surface area contributed by atoms with Gasteiger partial charge >= 0.3 is 0 Å². The molecule has 2 saturated heterocycles. The summed E-state index contributed by atoms with van der Waals surface area (Å²) in [5.74, 6) is 1.74. The Morgan fingerprint density at radius 1 is 0.958 bits per heavy atom. The molecule has 0 bridgehead atoms. The first-order valence-corrected chi connectivity index (χ1v) is 18.8. The Hall–Kier alpha value is -3.79. The first-order chi connectivity index (χ1) is 23.0. The number of halogens is 1. The van der Waals surface area contributed by atoms with Crippen LogP contribution in [0.15, 0.2) is 47.3 Å². The predicted octanol–water partition coefficient (Wildman–Crippen LogP) is 5.39. The van der Waals surface area contributed by atoms with E-state index in [2.05, 4.69) is 94.0 Å². The molecule has 0 unspecified atom stereocenters. The SMILES string of the molecule is COc1cc(N2CCC(N3CCN(C)CC3)CC2)c(C(C)C)cc1Nc1ncc(Br)c(Nc2ccc3nccnc3c2NS(C)(=O)=O)n1. The third kappa shape index (κ3) is 7.74. The molecule has 2 aromatic carbocycles. The van der Waals surface area contributed by atoms with E-state index in [0.717, 1.165) is 64.1 Å². The minimum absolute atomic E-state index is 0.273. The van der Waals surface area contributed by atoms with E-state index in [-0.39, 0.29) is 11.6 Å². The summed E-state index contributed by atoms with van der Waals surface area (Å²) in [6, 6.07) is 8.40. The van der Waals surface area contributed by atoms with E-state index in [1.165, 1.54) is 17.4 Å². The molecule has 48 heavy (non-hydrogen) atoms. The van der Waals surface area contributed by atoms with Crippen molar-refractivity contribution in [2.45, 2.75) is 38.6 Å². The summed E-state index contributed by atoms with van der Waals surface area (Å²) >= 11 is 3.54. The lowest BCUT2D eigenvalue weighted by molar-refractivity contribution is 0.0982. The highest BCUT2D eigenvalue weighted by Crippen LogP contribution is 2.40. The average Bonchev–Trinajstić information content (AvgIpc) is 3.07. The number of methoxy groups -OCH3 is 1. The number of ether oxygens (including phenoxy) is 1. The molecule has 0 atom stereocenters. The fraction of sp³-hybridized carbons (Fsp3) is 0.455. The zero-order valence-corrected chi connectivity index (χ0v) is 30.4. The second kappa shape index (κ2) is 14.4. The number of aromatic nitrogens is 4.